The van der Waals surface area contributed by atoms with Crippen molar-refractivity contribution >= 4 is 33.5 Å². The fourth-order valence-corrected chi connectivity index (χ4v) is 3.20. The number of aromatic nitrogens is 2. The van der Waals surface area contributed by atoms with Crippen molar-refractivity contribution in [1.82, 2.24) is 19.8 Å². The lowest BCUT2D eigenvalue weighted by molar-refractivity contribution is -0.130. The molecule has 22 heavy (non-hydrogen) atoms. The molecule has 1 aliphatic heterocycles. The van der Waals surface area contributed by atoms with Gasteiger partial charge in [-0.15, -0.1) is 11.3 Å². The van der Waals surface area contributed by atoms with E-state index in [0.29, 0.717) is 18.4 Å². The number of carbonyl (C=O) groups is 2. The van der Waals surface area contributed by atoms with Gasteiger partial charge in [0.2, 0.25) is 0 Å². The average molecular weight is 320 g/mol. The van der Waals surface area contributed by atoms with Crippen LogP contribution < -0.4 is 10.9 Å². The van der Waals surface area contributed by atoms with Crippen molar-refractivity contribution in [3.05, 3.63) is 28.1 Å². The first-order valence-corrected chi connectivity index (χ1v) is 7.85. The molecule has 0 radical (unpaired) electrons. The third-order valence-electron chi connectivity index (χ3n) is 3.68. The lowest BCUT2D eigenvalue weighted by Crippen LogP contribution is -2.40. The molecular formula is C14H16N4O3S. The van der Waals surface area contributed by atoms with Crippen LogP contribution in [0.5, 0.6) is 0 Å². The number of amides is 3. The van der Waals surface area contributed by atoms with Gasteiger partial charge in [0.05, 0.1) is 11.7 Å². The molecule has 116 valence electrons. The largest absolute Gasteiger partial charge is 0.325 e. The molecule has 0 atom stereocenters. The topological polar surface area (TPSA) is 84.3 Å². The minimum Gasteiger partial charge on any atom is -0.324 e. The summed E-state index contributed by atoms with van der Waals surface area (Å²) in [4.78, 5) is 42.2. The molecule has 3 amide bonds. The van der Waals surface area contributed by atoms with Crippen molar-refractivity contribution in [3.8, 4) is 0 Å². The Labute approximate surface area is 130 Å². The Hall–Kier alpha value is -2.22. The predicted molar refractivity (Wildman–Crippen MR) is 82.8 cm³/mol. The molecule has 0 bridgehead atoms. The number of aryl methyl sites for hydroxylation is 1. The molecule has 1 saturated heterocycles. The van der Waals surface area contributed by atoms with Crippen LogP contribution >= 0.6 is 11.3 Å². The number of fused-ring (bicyclic) bond motifs is 1. The predicted octanol–water partition coefficient (Wildman–Crippen LogP) is 1.18. The Morgan fingerprint density at radius 1 is 1.27 bits per heavy atom. The molecule has 1 aliphatic rings. The van der Waals surface area contributed by atoms with Crippen molar-refractivity contribution in [1.29, 1.82) is 0 Å². The number of hydrogen-bond acceptors (Lipinski definition) is 5. The molecule has 0 aliphatic carbocycles. The lowest BCUT2D eigenvalue weighted by Gasteiger charge is -2.16. The summed E-state index contributed by atoms with van der Waals surface area (Å²) in [7, 11) is 0. The summed E-state index contributed by atoms with van der Waals surface area (Å²) in [5.41, 5.74) is -0.950. The fourth-order valence-electron chi connectivity index (χ4n) is 2.47. The van der Waals surface area contributed by atoms with E-state index in [9.17, 15) is 14.4 Å². The smallest absolute Gasteiger partial charge is 0.324 e. The molecule has 3 rings (SSSR count). The summed E-state index contributed by atoms with van der Waals surface area (Å²) in [6.45, 7) is 4.04. The molecule has 2 aromatic rings. The number of imide groups is 1. The average Bonchev–Trinajstić information content (AvgIpc) is 2.99. The van der Waals surface area contributed by atoms with Gasteiger partial charge in [-0.25, -0.2) is 9.78 Å². The van der Waals surface area contributed by atoms with Crippen LogP contribution in [0.15, 0.2) is 22.6 Å². The van der Waals surface area contributed by atoms with E-state index in [0.717, 1.165) is 4.83 Å². The molecular weight excluding hydrogens is 304 g/mol. The Balaban J connectivity index is 1.68. The number of hydrogen-bond donors (Lipinski definition) is 1. The van der Waals surface area contributed by atoms with Crippen LogP contribution in [-0.4, -0.2) is 38.5 Å². The maximum absolute atomic E-state index is 12.2. The number of thiophene rings is 1. The molecule has 1 N–H and O–H groups in total. The Morgan fingerprint density at radius 2 is 2.05 bits per heavy atom. The Kier molecular flexibility index (Phi) is 3.48. The molecule has 2 aromatic heterocycles. The standard InChI is InChI=1S/C14H16N4O3S/c1-14(2)12(20)18(13(21)16-14)6-3-5-17-8-15-10-9(11(17)19)4-7-22-10/h4,7-8H,3,5-6H2,1-2H3,(H,16,21). The van der Waals surface area contributed by atoms with Crippen LogP contribution in [0.4, 0.5) is 4.79 Å². The van der Waals surface area contributed by atoms with Crippen LogP contribution in [0, 0.1) is 0 Å². The van der Waals surface area contributed by atoms with E-state index in [-0.39, 0.29) is 24.0 Å². The van der Waals surface area contributed by atoms with Crippen molar-refractivity contribution in [2.45, 2.75) is 32.4 Å². The molecule has 0 saturated carbocycles. The van der Waals surface area contributed by atoms with Gasteiger partial charge in [0.15, 0.2) is 0 Å². The van der Waals surface area contributed by atoms with Gasteiger partial charge in [0.1, 0.15) is 10.4 Å². The van der Waals surface area contributed by atoms with Gasteiger partial charge >= 0.3 is 6.03 Å². The van der Waals surface area contributed by atoms with E-state index in [4.69, 9.17) is 0 Å². The molecule has 0 spiro atoms. The summed E-state index contributed by atoms with van der Waals surface area (Å²) in [6, 6.07) is 1.37. The van der Waals surface area contributed by atoms with E-state index in [1.165, 1.54) is 27.1 Å². The fraction of sp³-hybridized carbons (Fsp3) is 0.429. The first kappa shape index (κ1) is 14.7. The zero-order chi connectivity index (χ0) is 15.9. The Morgan fingerprint density at radius 3 is 2.73 bits per heavy atom. The second kappa shape index (κ2) is 5.20. The highest BCUT2D eigenvalue weighted by atomic mass is 32.1. The molecule has 0 aromatic carbocycles. The van der Waals surface area contributed by atoms with E-state index < -0.39 is 5.54 Å². The molecule has 1 fully saturated rings. The summed E-state index contributed by atoms with van der Waals surface area (Å²) in [5, 5.41) is 5.06. The van der Waals surface area contributed by atoms with Gasteiger partial charge in [-0.2, -0.15) is 0 Å². The summed E-state index contributed by atoms with van der Waals surface area (Å²) in [6.07, 6.45) is 2.02. The quantitative estimate of drug-likeness (QED) is 0.857. The monoisotopic (exact) mass is 320 g/mol. The first-order chi connectivity index (χ1) is 10.4. The lowest BCUT2D eigenvalue weighted by atomic mass is 10.1. The molecule has 8 heteroatoms. The first-order valence-electron chi connectivity index (χ1n) is 6.97. The van der Waals surface area contributed by atoms with Crippen LogP contribution in [0.2, 0.25) is 0 Å². The normalized spacial score (nSPS) is 17.3. The van der Waals surface area contributed by atoms with Gasteiger partial charge < -0.3 is 5.32 Å². The third kappa shape index (κ3) is 2.39. The number of nitrogens with one attached hydrogen (secondary N) is 1. The zero-order valence-electron chi connectivity index (χ0n) is 12.3. The van der Waals surface area contributed by atoms with Crippen molar-refractivity contribution in [3.63, 3.8) is 0 Å². The summed E-state index contributed by atoms with van der Waals surface area (Å²) in [5.74, 6) is -0.240. The highest BCUT2D eigenvalue weighted by Gasteiger charge is 2.43. The van der Waals surface area contributed by atoms with Crippen LogP contribution in [0.3, 0.4) is 0 Å². The minimum absolute atomic E-state index is 0.0937. The van der Waals surface area contributed by atoms with E-state index in [1.807, 2.05) is 5.38 Å². The second-order valence-corrected chi connectivity index (χ2v) is 6.64. The van der Waals surface area contributed by atoms with Gasteiger partial charge in [-0.1, -0.05) is 0 Å². The van der Waals surface area contributed by atoms with Crippen molar-refractivity contribution < 1.29 is 9.59 Å². The molecule has 3 heterocycles. The highest BCUT2D eigenvalue weighted by molar-refractivity contribution is 7.16. The number of carbonyl (C=O) groups excluding carboxylic acids is 2. The highest BCUT2D eigenvalue weighted by Crippen LogP contribution is 2.17. The second-order valence-electron chi connectivity index (χ2n) is 5.75. The molecule has 7 nitrogen and oxygen atoms in total. The zero-order valence-corrected chi connectivity index (χ0v) is 13.1. The summed E-state index contributed by atoms with van der Waals surface area (Å²) >= 11 is 1.42. The van der Waals surface area contributed by atoms with Gasteiger partial charge in [0.25, 0.3) is 11.5 Å². The van der Waals surface area contributed by atoms with Gasteiger partial charge in [-0.05, 0) is 31.7 Å². The maximum Gasteiger partial charge on any atom is 0.325 e. The SMILES string of the molecule is CC1(C)NC(=O)N(CCCn2cnc3sccc3c2=O)C1=O. The Bertz CT molecular complexity index is 808. The third-order valence-corrected chi connectivity index (χ3v) is 4.50. The van der Waals surface area contributed by atoms with Crippen LogP contribution in [0.1, 0.15) is 20.3 Å². The van der Waals surface area contributed by atoms with Crippen LogP contribution in [-0.2, 0) is 11.3 Å². The van der Waals surface area contributed by atoms with Crippen molar-refractivity contribution in [2.24, 2.45) is 0 Å². The number of rotatable bonds is 4. The summed E-state index contributed by atoms with van der Waals surface area (Å²) < 4.78 is 1.51. The van der Waals surface area contributed by atoms with E-state index in [2.05, 4.69) is 10.3 Å². The minimum atomic E-state index is -0.856. The number of nitrogens with zero attached hydrogens (tertiary/aromatic N) is 3. The van der Waals surface area contributed by atoms with Crippen LogP contribution in [0.25, 0.3) is 10.2 Å². The van der Waals surface area contributed by atoms with E-state index >= 15 is 0 Å². The van der Waals surface area contributed by atoms with Gasteiger partial charge in [-0.3, -0.25) is 19.1 Å². The van der Waals surface area contributed by atoms with E-state index in [1.54, 1.807) is 19.9 Å². The maximum atomic E-state index is 12.2. The van der Waals surface area contributed by atoms with Gasteiger partial charge in [0, 0.05) is 13.1 Å². The number of urea groups is 1. The van der Waals surface area contributed by atoms with Crippen molar-refractivity contribution in [2.75, 3.05) is 6.54 Å². The molecule has 0 unspecified atom stereocenters.